The quantitative estimate of drug-likeness (QED) is 0.179. The van der Waals surface area contributed by atoms with Crippen molar-refractivity contribution in [3.8, 4) is 33.4 Å². The fourth-order valence-electron chi connectivity index (χ4n) is 8.68. The van der Waals surface area contributed by atoms with Gasteiger partial charge in [0.2, 0.25) is 0 Å². The summed E-state index contributed by atoms with van der Waals surface area (Å²) < 4.78 is 0. The van der Waals surface area contributed by atoms with Crippen LogP contribution in [0.25, 0.3) is 33.4 Å². The summed E-state index contributed by atoms with van der Waals surface area (Å²) in [6, 6.07) is 73.8. The van der Waals surface area contributed by atoms with Crippen LogP contribution in [0.1, 0.15) is 33.4 Å². The van der Waals surface area contributed by atoms with E-state index in [0.717, 1.165) is 6.42 Å². The smallest absolute Gasteiger partial charge is 0.0754 e. The highest BCUT2D eigenvalue weighted by atomic mass is 15.2. The Hall–Kier alpha value is -6.44. The fourth-order valence-corrected chi connectivity index (χ4v) is 8.68. The molecule has 1 aliphatic carbocycles. The Morgan fingerprint density at radius 1 is 0.333 bits per heavy atom. The number of para-hydroxylation sites is 3. The van der Waals surface area contributed by atoms with E-state index >= 15 is 0 Å². The lowest BCUT2D eigenvalue weighted by molar-refractivity contribution is 0.753. The summed E-state index contributed by atoms with van der Waals surface area (Å²) >= 11 is 0. The molecule has 51 heavy (non-hydrogen) atoms. The van der Waals surface area contributed by atoms with Crippen LogP contribution in [-0.2, 0) is 11.8 Å². The lowest BCUT2D eigenvalue weighted by Gasteiger charge is -2.45. The average Bonchev–Trinajstić information content (AvgIpc) is 3.49. The molecule has 0 atom stereocenters. The van der Waals surface area contributed by atoms with Crippen LogP contribution in [0.3, 0.4) is 0 Å². The van der Waals surface area contributed by atoms with E-state index in [0.29, 0.717) is 0 Å². The van der Waals surface area contributed by atoms with E-state index in [9.17, 15) is 0 Å². The molecule has 0 bridgehead atoms. The van der Waals surface area contributed by atoms with Crippen molar-refractivity contribution < 1.29 is 0 Å². The van der Waals surface area contributed by atoms with Crippen LogP contribution in [0, 0.1) is 0 Å². The van der Waals surface area contributed by atoms with Gasteiger partial charge in [-0.1, -0.05) is 170 Å². The van der Waals surface area contributed by atoms with Crippen LogP contribution in [-0.4, -0.2) is 0 Å². The SMILES string of the molecule is c1ccc(-c2ccc(Cc3cccc(-c4ccc5c(c4)C4(c6ccccc6-5)c5ccccc5N(c5ccccc5)c5ccccc54)c3)cc2)cc1. The Morgan fingerprint density at radius 3 is 1.59 bits per heavy atom. The van der Waals surface area contributed by atoms with Gasteiger partial charge in [-0.2, -0.15) is 0 Å². The first-order valence-corrected chi connectivity index (χ1v) is 17.8. The van der Waals surface area contributed by atoms with E-state index in [1.807, 2.05) is 0 Å². The molecule has 2 aliphatic rings. The summed E-state index contributed by atoms with van der Waals surface area (Å²) in [5.41, 5.74) is 18.7. The summed E-state index contributed by atoms with van der Waals surface area (Å²) in [4.78, 5) is 2.44. The molecule has 10 rings (SSSR count). The van der Waals surface area contributed by atoms with E-state index in [4.69, 9.17) is 0 Å². The van der Waals surface area contributed by atoms with Gasteiger partial charge in [0.1, 0.15) is 0 Å². The van der Waals surface area contributed by atoms with Crippen molar-refractivity contribution in [2.45, 2.75) is 11.8 Å². The molecule has 1 spiro atoms. The Kier molecular flexibility index (Phi) is 6.85. The summed E-state index contributed by atoms with van der Waals surface area (Å²) in [5.74, 6) is 0. The maximum Gasteiger partial charge on any atom is 0.0754 e. The fraction of sp³-hybridized carbons (Fsp3) is 0.0400. The largest absolute Gasteiger partial charge is 0.310 e. The van der Waals surface area contributed by atoms with Crippen LogP contribution >= 0.6 is 0 Å². The molecule has 0 radical (unpaired) electrons. The molecule has 1 heterocycles. The second-order valence-electron chi connectivity index (χ2n) is 13.7. The molecular weight excluding hydrogens is 615 g/mol. The van der Waals surface area contributed by atoms with Crippen molar-refractivity contribution in [3.63, 3.8) is 0 Å². The number of rotatable bonds is 5. The van der Waals surface area contributed by atoms with E-state index in [2.05, 4.69) is 205 Å². The third kappa shape index (κ3) is 4.62. The molecule has 0 amide bonds. The van der Waals surface area contributed by atoms with Crippen molar-refractivity contribution in [2.24, 2.45) is 0 Å². The second kappa shape index (κ2) is 11.9. The Labute approximate surface area is 299 Å². The van der Waals surface area contributed by atoms with Crippen LogP contribution in [0.15, 0.2) is 200 Å². The molecule has 8 aromatic carbocycles. The first-order chi connectivity index (χ1) is 25.3. The molecule has 0 saturated carbocycles. The normalized spacial score (nSPS) is 13.3. The predicted molar refractivity (Wildman–Crippen MR) is 212 cm³/mol. The minimum absolute atomic E-state index is 0.460. The molecule has 1 aliphatic heterocycles. The molecule has 0 fully saturated rings. The molecule has 1 nitrogen and oxygen atoms in total. The van der Waals surface area contributed by atoms with E-state index in [-0.39, 0.29) is 0 Å². The molecule has 0 saturated heterocycles. The standard InChI is InChI=1S/C50H35N/c1-3-15-37(16-4-1)38-28-26-35(27-29-38)32-36-14-13-17-39(33-36)40-30-31-43-42-20-7-8-21-44(42)50(47(43)34-40)45-22-9-11-24-48(45)51(41-18-5-2-6-19-41)49-25-12-10-23-46(49)50/h1-31,33-34H,32H2. The molecular formula is C50H35N. The highest BCUT2D eigenvalue weighted by Crippen LogP contribution is 2.63. The van der Waals surface area contributed by atoms with Crippen LogP contribution in [0.5, 0.6) is 0 Å². The number of fused-ring (bicyclic) bond motifs is 9. The van der Waals surface area contributed by atoms with Crippen molar-refractivity contribution in [2.75, 3.05) is 4.90 Å². The summed E-state index contributed by atoms with van der Waals surface area (Å²) in [6.07, 6.45) is 0.888. The van der Waals surface area contributed by atoms with Crippen LogP contribution in [0.4, 0.5) is 17.1 Å². The van der Waals surface area contributed by atoms with Gasteiger partial charge in [-0.3, -0.25) is 0 Å². The predicted octanol–water partition coefficient (Wildman–Crippen LogP) is 12.8. The van der Waals surface area contributed by atoms with Crippen molar-refractivity contribution in [1.29, 1.82) is 0 Å². The van der Waals surface area contributed by atoms with Crippen molar-refractivity contribution in [3.05, 3.63) is 234 Å². The number of anilines is 3. The third-order valence-electron chi connectivity index (χ3n) is 10.9. The van der Waals surface area contributed by atoms with E-state index < -0.39 is 5.41 Å². The zero-order chi connectivity index (χ0) is 33.8. The highest BCUT2D eigenvalue weighted by Gasteiger charge is 2.51. The summed E-state index contributed by atoms with van der Waals surface area (Å²) in [6.45, 7) is 0. The lowest BCUT2D eigenvalue weighted by atomic mass is 9.64. The van der Waals surface area contributed by atoms with Crippen molar-refractivity contribution >= 4 is 17.1 Å². The lowest BCUT2D eigenvalue weighted by Crippen LogP contribution is -2.36. The Balaban J connectivity index is 1.11. The summed E-state index contributed by atoms with van der Waals surface area (Å²) in [5, 5.41) is 0. The van der Waals surface area contributed by atoms with E-state index in [1.165, 1.54) is 83.8 Å². The third-order valence-corrected chi connectivity index (χ3v) is 10.9. The topological polar surface area (TPSA) is 3.24 Å². The Bertz CT molecular complexity index is 2500. The van der Waals surface area contributed by atoms with Crippen LogP contribution in [0.2, 0.25) is 0 Å². The molecule has 0 aromatic heterocycles. The van der Waals surface area contributed by atoms with Gasteiger partial charge in [0.05, 0.1) is 16.8 Å². The van der Waals surface area contributed by atoms with Gasteiger partial charge >= 0.3 is 0 Å². The maximum absolute atomic E-state index is 2.48. The van der Waals surface area contributed by atoms with Gasteiger partial charge in [0.15, 0.2) is 0 Å². The first-order valence-electron chi connectivity index (χ1n) is 17.8. The summed E-state index contributed by atoms with van der Waals surface area (Å²) in [7, 11) is 0. The van der Waals surface area contributed by atoms with E-state index in [1.54, 1.807) is 0 Å². The average molecular weight is 650 g/mol. The Morgan fingerprint density at radius 2 is 0.863 bits per heavy atom. The van der Waals surface area contributed by atoms with Gasteiger partial charge in [0.25, 0.3) is 0 Å². The monoisotopic (exact) mass is 649 g/mol. The first kappa shape index (κ1) is 29.5. The minimum Gasteiger partial charge on any atom is -0.310 e. The maximum atomic E-state index is 2.48. The molecule has 1 heteroatoms. The highest BCUT2D eigenvalue weighted by molar-refractivity contribution is 5.96. The van der Waals surface area contributed by atoms with Gasteiger partial charge in [-0.15, -0.1) is 0 Å². The molecule has 0 N–H and O–H groups in total. The number of benzene rings is 8. The van der Waals surface area contributed by atoms with Gasteiger partial charge in [0, 0.05) is 5.69 Å². The van der Waals surface area contributed by atoms with Crippen LogP contribution < -0.4 is 4.90 Å². The van der Waals surface area contributed by atoms with Crippen molar-refractivity contribution in [1.82, 2.24) is 0 Å². The minimum atomic E-state index is -0.460. The zero-order valence-corrected chi connectivity index (χ0v) is 28.2. The number of hydrogen-bond donors (Lipinski definition) is 0. The van der Waals surface area contributed by atoms with Gasteiger partial charge in [-0.25, -0.2) is 0 Å². The van der Waals surface area contributed by atoms with Gasteiger partial charge in [-0.05, 0) is 104 Å². The van der Waals surface area contributed by atoms with Gasteiger partial charge < -0.3 is 4.90 Å². The second-order valence-corrected chi connectivity index (χ2v) is 13.7. The zero-order valence-electron chi connectivity index (χ0n) is 28.2. The molecule has 0 unspecified atom stereocenters. The molecule has 240 valence electrons. The molecule has 8 aromatic rings. The number of nitrogens with zero attached hydrogens (tertiary/aromatic N) is 1. The number of hydrogen-bond acceptors (Lipinski definition) is 1.